The molecule has 0 saturated carbocycles. The standard InChI is InChI=1S/C19H17N5O4S/c1-28-18(26)12-7-9-14(10-8-12)22-19(27)20-11-15-23-24-17(29-15)16(25)21-13-5-3-2-4-6-13/h2-10H,11H2,1H3,(H,21,25)(H2,20,22,27). The first kappa shape index (κ1) is 20.0. The van der Waals surface area contributed by atoms with Crippen LogP contribution in [0.25, 0.3) is 0 Å². The van der Waals surface area contributed by atoms with E-state index in [9.17, 15) is 14.4 Å². The van der Waals surface area contributed by atoms with E-state index in [1.807, 2.05) is 18.2 Å². The molecule has 1 aromatic heterocycles. The summed E-state index contributed by atoms with van der Waals surface area (Å²) in [6.07, 6.45) is 0. The quantitative estimate of drug-likeness (QED) is 0.536. The van der Waals surface area contributed by atoms with Crippen LogP contribution in [0.1, 0.15) is 25.2 Å². The number of urea groups is 1. The molecule has 3 N–H and O–H groups in total. The summed E-state index contributed by atoms with van der Waals surface area (Å²) in [5, 5.41) is 16.4. The van der Waals surface area contributed by atoms with E-state index in [1.54, 1.807) is 36.4 Å². The number of ether oxygens (including phenoxy) is 1. The number of aromatic nitrogens is 2. The molecule has 2 aromatic carbocycles. The molecule has 0 aliphatic carbocycles. The Labute approximate surface area is 170 Å². The number of para-hydroxylation sites is 1. The summed E-state index contributed by atoms with van der Waals surface area (Å²) in [6, 6.07) is 14.8. The zero-order chi connectivity index (χ0) is 20.6. The topological polar surface area (TPSA) is 122 Å². The van der Waals surface area contributed by atoms with Gasteiger partial charge >= 0.3 is 12.0 Å². The summed E-state index contributed by atoms with van der Waals surface area (Å²) in [5.41, 5.74) is 1.55. The molecule has 9 nitrogen and oxygen atoms in total. The number of carbonyl (C=O) groups excluding carboxylic acids is 3. The highest BCUT2D eigenvalue weighted by atomic mass is 32.1. The zero-order valence-corrected chi connectivity index (χ0v) is 16.2. The summed E-state index contributed by atoms with van der Waals surface area (Å²) in [5.74, 6) is -0.820. The van der Waals surface area contributed by atoms with Crippen LogP contribution >= 0.6 is 11.3 Å². The first-order chi connectivity index (χ1) is 14.0. The molecular formula is C19H17N5O4S. The highest BCUT2D eigenvalue weighted by Crippen LogP contribution is 2.14. The molecule has 0 saturated heterocycles. The highest BCUT2D eigenvalue weighted by Gasteiger charge is 2.14. The Morgan fingerprint density at radius 3 is 2.31 bits per heavy atom. The Bertz CT molecular complexity index is 1000. The maximum Gasteiger partial charge on any atom is 0.337 e. The lowest BCUT2D eigenvalue weighted by atomic mass is 10.2. The van der Waals surface area contributed by atoms with Crippen molar-refractivity contribution in [1.29, 1.82) is 0 Å². The van der Waals surface area contributed by atoms with Gasteiger partial charge in [-0.2, -0.15) is 0 Å². The summed E-state index contributed by atoms with van der Waals surface area (Å²) in [6.45, 7) is 0.113. The van der Waals surface area contributed by atoms with Crippen molar-refractivity contribution in [2.24, 2.45) is 0 Å². The predicted molar refractivity (Wildman–Crippen MR) is 108 cm³/mol. The van der Waals surface area contributed by atoms with Crippen molar-refractivity contribution < 1.29 is 19.1 Å². The third-order valence-electron chi connectivity index (χ3n) is 3.66. The number of hydrogen-bond acceptors (Lipinski definition) is 7. The Morgan fingerprint density at radius 1 is 0.931 bits per heavy atom. The lowest BCUT2D eigenvalue weighted by molar-refractivity contribution is 0.0600. The summed E-state index contributed by atoms with van der Waals surface area (Å²) in [7, 11) is 1.30. The van der Waals surface area contributed by atoms with Crippen LogP contribution < -0.4 is 16.0 Å². The van der Waals surface area contributed by atoms with Crippen molar-refractivity contribution >= 4 is 40.6 Å². The van der Waals surface area contributed by atoms with Crippen LogP contribution in [0.3, 0.4) is 0 Å². The molecule has 0 radical (unpaired) electrons. The number of nitrogens with zero attached hydrogens (tertiary/aromatic N) is 2. The number of amides is 3. The minimum atomic E-state index is -0.457. The number of benzene rings is 2. The van der Waals surface area contributed by atoms with Gasteiger partial charge in [0.05, 0.1) is 19.2 Å². The number of rotatable bonds is 6. The number of nitrogens with one attached hydrogen (secondary N) is 3. The van der Waals surface area contributed by atoms with Gasteiger partial charge in [0.25, 0.3) is 5.91 Å². The van der Waals surface area contributed by atoms with Crippen molar-refractivity contribution in [1.82, 2.24) is 15.5 Å². The van der Waals surface area contributed by atoms with E-state index >= 15 is 0 Å². The molecule has 0 atom stereocenters. The summed E-state index contributed by atoms with van der Waals surface area (Å²) in [4.78, 5) is 35.6. The van der Waals surface area contributed by atoms with Crippen LogP contribution in [-0.2, 0) is 11.3 Å². The van der Waals surface area contributed by atoms with E-state index < -0.39 is 12.0 Å². The first-order valence-electron chi connectivity index (χ1n) is 8.47. The van der Waals surface area contributed by atoms with E-state index in [0.29, 0.717) is 21.9 Å². The summed E-state index contributed by atoms with van der Waals surface area (Å²) < 4.78 is 4.62. The van der Waals surface area contributed by atoms with E-state index in [1.165, 1.54) is 7.11 Å². The minimum absolute atomic E-state index is 0.113. The molecule has 148 valence electrons. The van der Waals surface area contributed by atoms with Crippen molar-refractivity contribution in [2.45, 2.75) is 6.54 Å². The molecule has 0 spiro atoms. The van der Waals surface area contributed by atoms with Crippen molar-refractivity contribution in [3.05, 3.63) is 70.2 Å². The predicted octanol–water partition coefficient (Wildman–Crippen LogP) is 2.90. The fourth-order valence-electron chi connectivity index (χ4n) is 2.26. The maximum absolute atomic E-state index is 12.2. The van der Waals surface area contributed by atoms with Gasteiger partial charge in [0.2, 0.25) is 5.01 Å². The average molecular weight is 411 g/mol. The highest BCUT2D eigenvalue weighted by molar-refractivity contribution is 7.13. The smallest absolute Gasteiger partial charge is 0.337 e. The molecule has 0 aliphatic heterocycles. The number of methoxy groups -OCH3 is 1. The molecule has 3 amide bonds. The lowest BCUT2D eigenvalue weighted by Gasteiger charge is -2.06. The SMILES string of the molecule is COC(=O)c1ccc(NC(=O)NCc2nnc(C(=O)Nc3ccccc3)s2)cc1. The van der Waals surface area contributed by atoms with Gasteiger partial charge in [0.15, 0.2) is 0 Å². The second-order valence-corrected chi connectivity index (χ2v) is 6.76. The van der Waals surface area contributed by atoms with E-state index in [0.717, 1.165) is 11.3 Å². The molecule has 1 heterocycles. The molecule has 0 unspecified atom stereocenters. The van der Waals surface area contributed by atoms with Gasteiger partial charge < -0.3 is 20.7 Å². The molecule has 0 bridgehead atoms. The Balaban J connectivity index is 1.49. The lowest BCUT2D eigenvalue weighted by Crippen LogP contribution is -2.28. The number of carbonyl (C=O) groups is 3. The largest absolute Gasteiger partial charge is 0.465 e. The van der Waals surface area contributed by atoms with Gasteiger partial charge in [-0.05, 0) is 36.4 Å². The van der Waals surface area contributed by atoms with Gasteiger partial charge in [-0.25, -0.2) is 9.59 Å². The molecular weight excluding hydrogens is 394 g/mol. The molecule has 0 fully saturated rings. The second-order valence-electron chi connectivity index (χ2n) is 5.70. The normalized spacial score (nSPS) is 10.1. The fraction of sp³-hybridized carbons (Fsp3) is 0.105. The molecule has 10 heteroatoms. The van der Waals surface area contributed by atoms with Gasteiger partial charge in [-0.1, -0.05) is 29.5 Å². The second kappa shape index (κ2) is 9.42. The molecule has 3 aromatic rings. The third-order valence-corrected chi connectivity index (χ3v) is 4.58. The monoisotopic (exact) mass is 411 g/mol. The van der Waals surface area contributed by atoms with Gasteiger partial charge in [-0.15, -0.1) is 10.2 Å². The van der Waals surface area contributed by atoms with Crippen LogP contribution in [0.2, 0.25) is 0 Å². The van der Waals surface area contributed by atoms with Crippen LogP contribution in [0.5, 0.6) is 0 Å². The molecule has 29 heavy (non-hydrogen) atoms. The van der Waals surface area contributed by atoms with Crippen molar-refractivity contribution in [3.8, 4) is 0 Å². The van der Waals surface area contributed by atoms with Gasteiger partial charge in [0.1, 0.15) is 5.01 Å². The van der Waals surface area contributed by atoms with Crippen molar-refractivity contribution in [2.75, 3.05) is 17.7 Å². The van der Waals surface area contributed by atoms with Crippen molar-refractivity contribution in [3.63, 3.8) is 0 Å². The summed E-state index contributed by atoms with van der Waals surface area (Å²) >= 11 is 1.09. The third kappa shape index (κ3) is 5.59. The first-order valence-corrected chi connectivity index (χ1v) is 9.29. The maximum atomic E-state index is 12.2. The Kier molecular flexibility index (Phi) is 6.48. The van der Waals surface area contributed by atoms with E-state index in [4.69, 9.17) is 0 Å². The van der Waals surface area contributed by atoms with Gasteiger partial charge in [0, 0.05) is 11.4 Å². The molecule has 3 rings (SSSR count). The molecule has 0 aliphatic rings. The Hall–Kier alpha value is -3.79. The van der Waals surface area contributed by atoms with E-state index in [2.05, 4.69) is 30.9 Å². The number of esters is 1. The van der Waals surface area contributed by atoms with Crippen LogP contribution in [0.15, 0.2) is 54.6 Å². The number of hydrogen-bond donors (Lipinski definition) is 3. The Morgan fingerprint density at radius 2 is 1.62 bits per heavy atom. The fourth-order valence-corrected chi connectivity index (χ4v) is 2.94. The zero-order valence-electron chi connectivity index (χ0n) is 15.3. The van der Waals surface area contributed by atoms with Crippen LogP contribution in [0, 0.1) is 0 Å². The minimum Gasteiger partial charge on any atom is -0.465 e. The average Bonchev–Trinajstić information content (AvgIpc) is 3.22. The van der Waals surface area contributed by atoms with Crippen LogP contribution in [0.4, 0.5) is 16.2 Å². The number of anilines is 2. The van der Waals surface area contributed by atoms with Crippen LogP contribution in [-0.4, -0.2) is 35.2 Å². The van der Waals surface area contributed by atoms with Gasteiger partial charge in [-0.3, -0.25) is 4.79 Å². The van der Waals surface area contributed by atoms with E-state index in [-0.39, 0.29) is 17.5 Å².